The highest BCUT2D eigenvalue weighted by molar-refractivity contribution is 5.88. The second-order valence-electron chi connectivity index (χ2n) is 6.14. The zero-order valence-corrected chi connectivity index (χ0v) is 9.58. The van der Waals surface area contributed by atoms with E-state index in [1.165, 1.54) is 31.4 Å². The van der Waals surface area contributed by atoms with Crippen molar-refractivity contribution in [2.45, 2.75) is 51.6 Å². The summed E-state index contributed by atoms with van der Waals surface area (Å²) in [7, 11) is 0. The summed E-state index contributed by atoms with van der Waals surface area (Å²) in [5.41, 5.74) is 2.05. The molecular formula is C13H21NO. The van der Waals surface area contributed by atoms with Crippen molar-refractivity contribution in [2.75, 3.05) is 6.54 Å². The number of hydrogen-bond donors (Lipinski definition) is 1. The fourth-order valence-electron chi connectivity index (χ4n) is 3.67. The van der Waals surface area contributed by atoms with Crippen molar-refractivity contribution < 1.29 is 5.11 Å². The standard InChI is InChI=1S/C13H21NO/c1-9-2-3-12(14-8-9)10-4-13(5-10)6-11(15)7-13/h9-11,15H,2-8H2,1H3. The first-order chi connectivity index (χ1) is 7.17. The first-order valence-corrected chi connectivity index (χ1v) is 6.38. The SMILES string of the molecule is CC1CCC(C2CC3(CC(O)C3)C2)=NC1. The fourth-order valence-corrected chi connectivity index (χ4v) is 3.67. The molecule has 2 heteroatoms. The number of nitrogens with zero attached hydrogens (tertiary/aromatic N) is 1. The van der Waals surface area contributed by atoms with Crippen molar-refractivity contribution in [1.29, 1.82) is 0 Å². The van der Waals surface area contributed by atoms with Gasteiger partial charge < -0.3 is 5.11 Å². The van der Waals surface area contributed by atoms with Gasteiger partial charge in [0.15, 0.2) is 0 Å². The molecule has 2 fully saturated rings. The third kappa shape index (κ3) is 1.63. The Morgan fingerprint density at radius 1 is 1.27 bits per heavy atom. The quantitative estimate of drug-likeness (QED) is 0.703. The van der Waals surface area contributed by atoms with E-state index >= 15 is 0 Å². The summed E-state index contributed by atoms with van der Waals surface area (Å²) < 4.78 is 0. The molecule has 3 aliphatic rings. The van der Waals surface area contributed by atoms with E-state index in [2.05, 4.69) is 6.92 Å². The average molecular weight is 207 g/mol. The first kappa shape index (κ1) is 9.83. The molecule has 0 aromatic carbocycles. The highest BCUT2D eigenvalue weighted by Crippen LogP contribution is 2.59. The Morgan fingerprint density at radius 2 is 2.00 bits per heavy atom. The minimum absolute atomic E-state index is 0.0132. The zero-order chi connectivity index (χ0) is 10.5. The van der Waals surface area contributed by atoms with Crippen LogP contribution in [0.5, 0.6) is 0 Å². The number of hydrogen-bond acceptors (Lipinski definition) is 2. The number of aliphatic hydroxyl groups excluding tert-OH is 1. The van der Waals surface area contributed by atoms with Crippen molar-refractivity contribution in [3.05, 3.63) is 0 Å². The molecule has 2 aliphatic carbocycles. The summed E-state index contributed by atoms with van der Waals surface area (Å²) in [6, 6.07) is 0. The summed E-state index contributed by atoms with van der Waals surface area (Å²) in [6.45, 7) is 3.35. The van der Waals surface area contributed by atoms with Crippen LogP contribution in [0.4, 0.5) is 0 Å². The second kappa shape index (κ2) is 3.31. The van der Waals surface area contributed by atoms with Crippen LogP contribution in [0.1, 0.15) is 45.4 Å². The molecule has 1 atom stereocenters. The van der Waals surface area contributed by atoms with Crippen molar-refractivity contribution >= 4 is 5.71 Å². The third-order valence-corrected chi connectivity index (χ3v) is 4.67. The van der Waals surface area contributed by atoms with Gasteiger partial charge in [-0.3, -0.25) is 4.99 Å². The van der Waals surface area contributed by atoms with Gasteiger partial charge in [0.05, 0.1) is 6.10 Å². The van der Waals surface area contributed by atoms with Gasteiger partial charge in [0, 0.05) is 12.3 Å². The van der Waals surface area contributed by atoms with Crippen LogP contribution >= 0.6 is 0 Å². The van der Waals surface area contributed by atoms with Crippen LogP contribution in [0.3, 0.4) is 0 Å². The van der Waals surface area contributed by atoms with Crippen LogP contribution < -0.4 is 0 Å². The van der Waals surface area contributed by atoms with Gasteiger partial charge in [-0.2, -0.15) is 0 Å². The lowest BCUT2D eigenvalue weighted by atomic mass is 9.49. The molecule has 0 aromatic heterocycles. The first-order valence-electron chi connectivity index (χ1n) is 6.38. The second-order valence-corrected chi connectivity index (χ2v) is 6.14. The maximum absolute atomic E-state index is 9.35. The molecule has 84 valence electrons. The van der Waals surface area contributed by atoms with Gasteiger partial charge in [-0.05, 0) is 55.8 Å². The van der Waals surface area contributed by atoms with Crippen molar-refractivity contribution in [1.82, 2.24) is 0 Å². The van der Waals surface area contributed by atoms with Crippen LogP contribution in [0.15, 0.2) is 4.99 Å². The predicted molar refractivity (Wildman–Crippen MR) is 61.1 cm³/mol. The molecule has 1 unspecified atom stereocenters. The molecule has 0 saturated heterocycles. The predicted octanol–water partition coefficient (Wildman–Crippen LogP) is 2.41. The molecule has 0 aromatic rings. The average Bonchev–Trinajstić information content (AvgIpc) is 2.11. The normalized spacial score (nSPS) is 49.5. The van der Waals surface area contributed by atoms with E-state index in [9.17, 15) is 5.11 Å². The van der Waals surface area contributed by atoms with E-state index in [1.807, 2.05) is 0 Å². The minimum Gasteiger partial charge on any atom is -0.393 e. The molecule has 1 N–H and O–H groups in total. The monoisotopic (exact) mass is 207 g/mol. The fraction of sp³-hybridized carbons (Fsp3) is 0.923. The van der Waals surface area contributed by atoms with E-state index in [0.717, 1.165) is 31.2 Å². The lowest BCUT2D eigenvalue weighted by molar-refractivity contribution is -0.0961. The Hall–Kier alpha value is -0.370. The van der Waals surface area contributed by atoms with Crippen LogP contribution in [-0.4, -0.2) is 23.5 Å². The molecule has 1 spiro atoms. The maximum Gasteiger partial charge on any atom is 0.0550 e. The molecule has 0 amide bonds. The minimum atomic E-state index is 0.0132. The van der Waals surface area contributed by atoms with Gasteiger partial charge in [-0.25, -0.2) is 0 Å². The summed E-state index contributed by atoms with van der Waals surface area (Å²) in [5.74, 6) is 1.58. The Balaban J connectivity index is 1.55. The molecule has 0 bridgehead atoms. The van der Waals surface area contributed by atoms with E-state index in [4.69, 9.17) is 4.99 Å². The lowest BCUT2D eigenvalue weighted by Gasteiger charge is -2.57. The Morgan fingerprint density at radius 3 is 2.53 bits per heavy atom. The van der Waals surface area contributed by atoms with E-state index in [0.29, 0.717) is 5.41 Å². The largest absolute Gasteiger partial charge is 0.393 e. The van der Waals surface area contributed by atoms with Gasteiger partial charge >= 0.3 is 0 Å². The number of aliphatic imine (C=N–C) groups is 1. The summed E-state index contributed by atoms with van der Waals surface area (Å²) in [6.07, 6.45) is 7.35. The third-order valence-electron chi connectivity index (χ3n) is 4.67. The molecule has 1 heterocycles. The van der Waals surface area contributed by atoms with Crippen molar-refractivity contribution in [3.63, 3.8) is 0 Å². The van der Waals surface area contributed by atoms with Gasteiger partial charge in [-0.1, -0.05) is 6.92 Å². The van der Waals surface area contributed by atoms with Crippen LogP contribution in [0, 0.1) is 17.3 Å². The van der Waals surface area contributed by atoms with Crippen molar-refractivity contribution in [3.8, 4) is 0 Å². The summed E-state index contributed by atoms with van der Waals surface area (Å²) in [4.78, 5) is 4.73. The topological polar surface area (TPSA) is 32.6 Å². The molecule has 3 rings (SSSR count). The molecule has 0 radical (unpaired) electrons. The molecule has 15 heavy (non-hydrogen) atoms. The highest BCUT2D eigenvalue weighted by Gasteiger charge is 2.53. The Bertz CT molecular complexity index is 283. The Kier molecular flexibility index (Phi) is 2.17. The van der Waals surface area contributed by atoms with Crippen LogP contribution in [0.25, 0.3) is 0 Å². The van der Waals surface area contributed by atoms with E-state index in [1.54, 1.807) is 0 Å². The van der Waals surface area contributed by atoms with Gasteiger partial charge in [0.1, 0.15) is 0 Å². The van der Waals surface area contributed by atoms with Gasteiger partial charge in [0.25, 0.3) is 0 Å². The molecule has 2 nitrogen and oxygen atoms in total. The van der Waals surface area contributed by atoms with Gasteiger partial charge in [0.2, 0.25) is 0 Å². The smallest absolute Gasteiger partial charge is 0.0550 e. The van der Waals surface area contributed by atoms with Gasteiger partial charge in [-0.15, -0.1) is 0 Å². The van der Waals surface area contributed by atoms with Crippen LogP contribution in [-0.2, 0) is 0 Å². The maximum atomic E-state index is 9.35. The number of rotatable bonds is 1. The summed E-state index contributed by atoms with van der Waals surface area (Å²) in [5, 5.41) is 9.35. The molecular weight excluding hydrogens is 186 g/mol. The van der Waals surface area contributed by atoms with E-state index < -0.39 is 0 Å². The Labute approximate surface area is 91.8 Å². The van der Waals surface area contributed by atoms with Crippen molar-refractivity contribution in [2.24, 2.45) is 22.2 Å². The summed E-state index contributed by atoms with van der Waals surface area (Å²) >= 11 is 0. The lowest BCUT2D eigenvalue weighted by Crippen LogP contribution is -2.52. The zero-order valence-electron chi connectivity index (χ0n) is 9.58. The molecule has 1 aliphatic heterocycles. The molecule has 2 saturated carbocycles. The van der Waals surface area contributed by atoms with E-state index in [-0.39, 0.29) is 6.10 Å². The highest BCUT2D eigenvalue weighted by atomic mass is 16.3. The van der Waals surface area contributed by atoms with Crippen LogP contribution in [0.2, 0.25) is 0 Å². The number of aliphatic hydroxyl groups is 1.